The third-order valence-electron chi connectivity index (χ3n) is 6.13. The largest absolute Gasteiger partial charge is 0.481 e. The molecule has 1 amide bonds. The van der Waals surface area contributed by atoms with E-state index in [2.05, 4.69) is 10.3 Å². The second-order valence-electron chi connectivity index (χ2n) is 7.86. The first-order valence-corrected chi connectivity index (χ1v) is 10.4. The average molecular weight is 438 g/mol. The van der Waals surface area contributed by atoms with Gasteiger partial charge >= 0.3 is 0 Å². The van der Waals surface area contributed by atoms with Crippen molar-refractivity contribution in [2.75, 3.05) is 27.4 Å². The third-order valence-corrected chi connectivity index (χ3v) is 6.13. The van der Waals surface area contributed by atoms with Crippen LogP contribution in [0.3, 0.4) is 0 Å². The zero-order chi connectivity index (χ0) is 22.2. The Morgan fingerprint density at radius 2 is 1.84 bits per heavy atom. The predicted molar refractivity (Wildman–Crippen MR) is 115 cm³/mol. The minimum absolute atomic E-state index is 0.130. The number of nitrogens with zero attached hydrogens (tertiary/aromatic N) is 1. The molecule has 0 bridgehead atoms. The number of carbonyl (C=O) groups is 1. The molecule has 0 spiro atoms. The molecule has 1 aromatic heterocycles. The van der Waals surface area contributed by atoms with Gasteiger partial charge in [0.15, 0.2) is 0 Å². The van der Waals surface area contributed by atoms with Crippen LogP contribution in [0, 0.1) is 5.82 Å². The van der Waals surface area contributed by atoms with Crippen LogP contribution in [0.5, 0.6) is 5.88 Å². The van der Waals surface area contributed by atoms with Gasteiger partial charge in [-0.15, -0.1) is 0 Å². The van der Waals surface area contributed by atoms with Crippen LogP contribution < -0.4 is 10.1 Å². The molecule has 0 unspecified atom stereocenters. The van der Waals surface area contributed by atoms with Crippen LogP contribution >= 0.6 is 0 Å². The Hall–Kier alpha value is -3.07. The lowest BCUT2D eigenvalue weighted by Crippen LogP contribution is -2.44. The summed E-state index contributed by atoms with van der Waals surface area (Å²) in [5.41, 5.74) is 1.51. The Balaban J connectivity index is 1.48. The minimum atomic E-state index is -0.464. The maximum atomic E-state index is 14.6. The van der Waals surface area contributed by atoms with Crippen LogP contribution in [0.2, 0.25) is 0 Å². The topological polar surface area (TPSA) is 78.9 Å². The lowest BCUT2D eigenvalue weighted by Gasteiger charge is -2.19. The summed E-state index contributed by atoms with van der Waals surface area (Å²) in [4.78, 5) is 17.1. The van der Waals surface area contributed by atoms with Crippen molar-refractivity contribution >= 4 is 16.7 Å². The molecular formula is C24H23FN2O5. The molecule has 166 valence electrons. The summed E-state index contributed by atoms with van der Waals surface area (Å²) >= 11 is 0. The number of nitrogens with one attached hydrogen (secondary N) is 1. The van der Waals surface area contributed by atoms with Gasteiger partial charge in [0.2, 0.25) is 5.88 Å². The Morgan fingerprint density at radius 1 is 1.06 bits per heavy atom. The summed E-state index contributed by atoms with van der Waals surface area (Å²) in [7, 11) is 3.11. The van der Waals surface area contributed by atoms with Crippen LogP contribution in [0.4, 0.5) is 4.39 Å². The van der Waals surface area contributed by atoms with Gasteiger partial charge in [-0.05, 0) is 22.4 Å². The summed E-state index contributed by atoms with van der Waals surface area (Å²) in [5.74, 6) is -0.387. The number of ether oxygens (including phenoxy) is 4. The maximum Gasteiger partial charge on any atom is 0.252 e. The standard InChI is InChI=1S/C24H23FN2O5/c1-29-20-12-32-22-19(11-31-23(20)22)27-24(28)16-8-7-15(13-5-3-4-6-14(13)16)17-9-21(30-2)26-10-18(17)25/h3-10,19-20,22-23H,11-12H2,1-2H3,(H,27,28)/t19-,20-,22-,23-/m1/s1. The SMILES string of the molecule is COc1cc(-c2ccc(C(=O)N[C@@H]3CO[C@H]4[C@@H]3OC[C@H]4OC)c3ccccc23)c(F)cn1. The number of carbonyl (C=O) groups excluding carboxylic acids is 1. The zero-order valence-corrected chi connectivity index (χ0v) is 17.7. The molecule has 2 aliphatic rings. The second kappa shape index (κ2) is 8.46. The molecule has 8 heteroatoms. The molecule has 3 aromatic rings. The Bertz CT molecular complexity index is 1170. The van der Waals surface area contributed by atoms with Crippen molar-refractivity contribution in [3.8, 4) is 17.0 Å². The highest BCUT2D eigenvalue weighted by Gasteiger charge is 2.48. The summed E-state index contributed by atoms with van der Waals surface area (Å²) in [5, 5.41) is 4.52. The first-order valence-electron chi connectivity index (χ1n) is 10.4. The predicted octanol–water partition coefficient (Wildman–Crippen LogP) is 2.96. The first kappa shape index (κ1) is 20.8. The fourth-order valence-electron chi connectivity index (χ4n) is 4.51. The normalized spacial score (nSPS) is 24.5. The molecular weight excluding hydrogens is 415 g/mol. The summed E-state index contributed by atoms with van der Waals surface area (Å²) in [6, 6.07) is 12.2. The van der Waals surface area contributed by atoms with Gasteiger partial charge < -0.3 is 24.3 Å². The van der Waals surface area contributed by atoms with Gasteiger partial charge in [0.25, 0.3) is 5.91 Å². The van der Waals surface area contributed by atoms with Crippen molar-refractivity contribution in [1.29, 1.82) is 0 Å². The van der Waals surface area contributed by atoms with E-state index in [0.29, 0.717) is 35.8 Å². The van der Waals surface area contributed by atoms with E-state index < -0.39 is 5.82 Å². The molecule has 0 radical (unpaired) electrons. The minimum Gasteiger partial charge on any atom is -0.481 e. The highest BCUT2D eigenvalue weighted by molar-refractivity contribution is 6.11. The van der Waals surface area contributed by atoms with Gasteiger partial charge in [0, 0.05) is 24.3 Å². The van der Waals surface area contributed by atoms with Gasteiger partial charge in [-0.1, -0.05) is 30.3 Å². The maximum absolute atomic E-state index is 14.6. The molecule has 5 rings (SSSR count). The quantitative estimate of drug-likeness (QED) is 0.660. The molecule has 0 saturated carbocycles. The molecule has 3 heterocycles. The van der Waals surface area contributed by atoms with Crippen molar-refractivity contribution in [3.63, 3.8) is 0 Å². The lowest BCUT2D eigenvalue weighted by atomic mass is 9.94. The van der Waals surface area contributed by atoms with Crippen molar-refractivity contribution in [1.82, 2.24) is 10.3 Å². The monoisotopic (exact) mass is 438 g/mol. The number of benzene rings is 2. The van der Waals surface area contributed by atoms with Gasteiger partial charge in [-0.25, -0.2) is 9.37 Å². The number of pyridine rings is 1. The Kier molecular flexibility index (Phi) is 5.50. The van der Waals surface area contributed by atoms with Crippen molar-refractivity contribution in [2.24, 2.45) is 0 Å². The van der Waals surface area contributed by atoms with E-state index in [0.717, 1.165) is 17.0 Å². The van der Waals surface area contributed by atoms with Gasteiger partial charge in [0.1, 0.15) is 24.1 Å². The van der Waals surface area contributed by atoms with E-state index in [9.17, 15) is 9.18 Å². The summed E-state index contributed by atoms with van der Waals surface area (Å²) in [6.45, 7) is 0.801. The number of methoxy groups -OCH3 is 2. The van der Waals surface area contributed by atoms with Crippen LogP contribution in [-0.4, -0.2) is 62.7 Å². The van der Waals surface area contributed by atoms with E-state index in [1.807, 2.05) is 24.3 Å². The lowest BCUT2D eigenvalue weighted by molar-refractivity contribution is -0.00816. The summed E-state index contributed by atoms with van der Waals surface area (Å²) < 4.78 is 36.8. The molecule has 0 aliphatic carbocycles. The highest BCUT2D eigenvalue weighted by Crippen LogP contribution is 2.34. The molecule has 1 N–H and O–H groups in total. The number of amides is 1. The van der Waals surface area contributed by atoms with E-state index in [4.69, 9.17) is 18.9 Å². The van der Waals surface area contributed by atoms with Gasteiger partial charge in [-0.2, -0.15) is 0 Å². The highest BCUT2D eigenvalue weighted by atomic mass is 19.1. The molecule has 2 saturated heterocycles. The van der Waals surface area contributed by atoms with Gasteiger partial charge in [-0.3, -0.25) is 4.79 Å². The van der Waals surface area contributed by atoms with E-state index in [1.54, 1.807) is 25.3 Å². The van der Waals surface area contributed by atoms with Crippen LogP contribution in [0.15, 0.2) is 48.7 Å². The molecule has 7 nitrogen and oxygen atoms in total. The van der Waals surface area contributed by atoms with Crippen LogP contribution in [-0.2, 0) is 14.2 Å². The second-order valence-corrected chi connectivity index (χ2v) is 7.86. The zero-order valence-electron chi connectivity index (χ0n) is 17.7. The number of aromatic nitrogens is 1. The van der Waals surface area contributed by atoms with Gasteiger partial charge in [0.05, 0.1) is 32.6 Å². The average Bonchev–Trinajstić information content (AvgIpc) is 3.41. The van der Waals surface area contributed by atoms with Crippen molar-refractivity contribution in [3.05, 3.63) is 60.0 Å². The smallest absolute Gasteiger partial charge is 0.252 e. The van der Waals surface area contributed by atoms with Crippen molar-refractivity contribution in [2.45, 2.75) is 24.4 Å². The summed E-state index contributed by atoms with van der Waals surface area (Å²) in [6.07, 6.45) is 0.575. The molecule has 4 atom stereocenters. The fourth-order valence-corrected chi connectivity index (χ4v) is 4.51. The third kappa shape index (κ3) is 3.50. The Morgan fingerprint density at radius 3 is 2.62 bits per heavy atom. The van der Waals surface area contributed by atoms with E-state index >= 15 is 0 Å². The molecule has 32 heavy (non-hydrogen) atoms. The van der Waals surface area contributed by atoms with Crippen molar-refractivity contribution < 1.29 is 28.1 Å². The fraction of sp³-hybridized carbons (Fsp3) is 0.333. The number of hydrogen-bond acceptors (Lipinski definition) is 6. The number of rotatable bonds is 5. The van der Waals surface area contributed by atoms with Crippen LogP contribution in [0.25, 0.3) is 21.9 Å². The van der Waals surface area contributed by atoms with E-state index in [-0.39, 0.29) is 30.3 Å². The molecule has 2 fully saturated rings. The molecule has 2 aliphatic heterocycles. The number of fused-ring (bicyclic) bond motifs is 2. The number of halogens is 1. The van der Waals surface area contributed by atoms with E-state index in [1.165, 1.54) is 7.11 Å². The van der Waals surface area contributed by atoms with Crippen LogP contribution in [0.1, 0.15) is 10.4 Å². The first-order chi connectivity index (χ1) is 15.6. The molecule has 2 aromatic carbocycles. The Labute approximate surface area is 184 Å². The number of hydrogen-bond donors (Lipinski definition) is 1.